The van der Waals surface area contributed by atoms with Crippen molar-refractivity contribution in [1.82, 2.24) is 4.90 Å². The topological polar surface area (TPSA) is 46.3 Å². The minimum Gasteiger partial charge on any atom is -0.342 e. The summed E-state index contributed by atoms with van der Waals surface area (Å²) < 4.78 is 0. The number of piperidine rings is 1. The average molecular weight is 240 g/mol. The number of carbonyl (C=O) groups excluding carboxylic acids is 1. The van der Waals surface area contributed by atoms with Gasteiger partial charge in [-0.25, -0.2) is 0 Å². The number of rotatable bonds is 6. The lowest BCUT2D eigenvalue weighted by atomic mass is 9.93. The normalized spacial score (nSPS) is 19.4. The van der Waals surface area contributed by atoms with Gasteiger partial charge in [-0.3, -0.25) is 4.79 Å². The van der Waals surface area contributed by atoms with Crippen LogP contribution in [0.15, 0.2) is 0 Å². The van der Waals surface area contributed by atoms with Gasteiger partial charge in [-0.05, 0) is 38.1 Å². The van der Waals surface area contributed by atoms with E-state index >= 15 is 0 Å². The van der Waals surface area contributed by atoms with Crippen LogP contribution in [-0.2, 0) is 4.79 Å². The minimum atomic E-state index is 0.254. The molecule has 0 aromatic carbocycles. The highest BCUT2D eigenvalue weighted by atomic mass is 16.2. The van der Waals surface area contributed by atoms with E-state index in [1.165, 1.54) is 12.8 Å². The quantitative estimate of drug-likeness (QED) is 0.775. The molecular weight excluding hydrogens is 212 g/mol. The molecule has 17 heavy (non-hydrogen) atoms. The maximum absolute atomic E-state index is 12.3. The number of hydrogen-bond acceptors (Lipinski definition) is 2. The monoisotopic (exact) mass is 240 g/mol. The standard InChI is InChI=1S/C14H28N2O/c1-3-5-6-13(4-2)14(17)16-9-7-12(11-15)8-10-16/h12-13H,3-11,15H2,1-2H3/t13-/m1/s1. The molecule has 0 saturated carbocycles. The zero-order chi connectivity index (χ0) is 12.7. The smallest absolute Gasteiger partial charge is 0.225 e. The van der Waals surface area contributed by atoms with Crippen molar-refractivity contribution >= 4 is 5.91 Å². The summed E-state index contributed by atoms with van der Waals surface area (Å²) in [5.41, 5.74) is 5.67. The fourth-order valence-corrected chi connectivity index (χ4v) is 2.60. The van der Waals surface area contributed by atoms with Crippen molar-refractivity contribution in [2.45, 2.75) is 52.4 Å². The lowest BCUT2D eigenvalue weighted by molar-refractivity contribution is -0.137. The molecule has 2 N–H and O–H groups in total. The molecule has 0 spiro atoms. The second kappa shape index (κ2) is 7.70. The molecule has 1 fully saturated rings. The van der Waals surface area contributed by atoms with E-state index < -0.39 is 0 Å². The fourth-order valence-electron chi connectivity index (χ4n) is 2.60. The Bertz CT molecular complexity index is 222. The number of nitrogens with zero attached hydrogens (tertiary/aromatic N) is 1. The molecule has 1 aliphatic heterocycles. The van der Waals surface area contributed by atoms with Crippen LogP contribution in [0.5, 0.6) is 0 Å². The second-order valence-electron chi connectivity index (χ2n) is 5.25. The van der Waals surface area contributed by atoms with E-state index in [4.69, 9.17) is 5.73 Å². The first-order valence-corrected chi connectivity index (χ1v) is 7.21. The molecule has 0 aliphatic carbocycles. The summed E-state index contributed by atoms with van der Waals surface area (Å²) >= 11 is 0. The Morgan fingerprint density at radius 2 is 2.00 bits per heavy atom. The molecule has 1 atom stereocenters. The predicted octanol–water partition coefficient (Wildman–Crippen LogP) is 2.40. The molecule has 0 aromatic heterocycles. The van der Waals surface area contributed by atoms with Gasteiger partial charge in [-0.15, -0.1) is 0 Å². The van der Waals surface area contributed by atoms with Gasteiger partial charge < -0.3 is 10.6 Å². The van der Waals surface area contributed by atoms with E-state index in [-0.39, 0.29) is 5.92 Å². The minimum absolute atomic E-state index is 0.254. The van der Waals surface area contributed by atoms with E-state index in [1.54, 1.807) is 0 Å². The van der Waals surface area contributed by atoms with E-state index in [0.717, 1.165) is 45.3 Å². The summed E-state index contributed by atoms with van der Waals surface area (Å²) in [6, 6.07) is 0. The van der Waals surface area contributed by atoms with Crippen molar-refractivity contribution < 1.29 is 4.79 Å². The molecule has 1 saturated heterocycles. The van der Waals surface area contributed by atoms with Gasteiger partial charge in [0.1, 0.15) is 0 Å². The van der Waals surface area contributed by atoms with Gasteiger partial charge in [-0.1, -0.05) is 26.7 Å². The van der Waals surface area contributed by atoms with Crippen LogP contribution in [0.25, 0.3) is 0 Å². The molecule has 0 unspecified atom stereocenters. The molecule has 1 aliphatic rings. The van der Waals surface area contributed by atoms with E-state index in [9.17, 15) is 4.79 Å². The Morgan fingerprint density at radius 3 is 2.47 bits per heavy atom. The average Bonchev–Trinajstić information content (AvgIpc) is 2.39. The van der Waals surface area contributed by atoms with Gasteiger partial charge in [0.15, 0.2) is 0 Å². The fraction of sp³-hybridized carbons (Fsp3) is 0.929. The highest BCUT2D eigenvalue weighted by Crippen LogP contribution is 2.21. The SMILES string of the molecule is CCCC[C@@H](CC)C(=O)N1CCC(CN)CC1. The third-order valence-corrected chi connectivity index (χ3v) is 4.01. The van der Waals surface area contributed by atoms with Crippen LogP contribution in [0.1, 0.15) is 52.4 Å². The molecule has 3 nitrogen and oxygen atoms in total. The van der Waals surface area contributed by atoms with Gasteiger partial charge in [-0.2, -0.15) is 0 Å². The summed E-state index contributed by atoms with van der Waals surface area (Å²) in [6.07, 6.45) is 6.57. The van der Waals surface area contributed by atoms with E-state index in [2.05, 4.69) is 18.7 Å². The molecule has 0 aromatic rings. The Hall–Kier alpha value is -0.570. The zero-order valence-electron chi connectivity index (χ0n) is 11.5. The number of amides is 1. The molecule has 0 radical (unpaired) electrons. The third-order valence-electron chi connectivity index (χ3n) is 4.01. The maximum atomic E-state index is 12.3. The van der Waals surface area contributed by atoms with Crippen molar-refractivity contribution in [2.75, 3.05) is 19.6 Å². The van der Waals surface area contributed by atoms with E-state index in [1.807, 2.05) is 0 Å². The Morgan fingerprint density at radius 1 is 1.35 bits per heavy atom. The lowest BCUT2D eigenvalue weighted by Crippen LogP contribution is -2.42. The Labute approximate surface area is 106 Å². The maximum Gasteiger partial charge on any atom is 0.225 e. The van der Waals surface area contributed by atoms with Gasteiger partial charge in [0.05, 0.1) is 0 Å². The van der Waals surface area contributed by atoms with Crippen LogP contribution in [0.3, 0.4) is 0 Å². The summed E-state index contributed by atoms with van der Waals surface area (Å²) in [7, 11) is 0. The molecule has 3 heteroatoms. The predicted molar refractivity (Wildman–Crippen MR) is 71.7 cm³/mol. The zero-order valence-corrected chi connectivity index (χ0v) is 11.5. The highest BCUT2D eigenvalue weighted by Gasteiger charge is 2.26. The van der Waals surface area contributed by atoms with Crippen LogP contribution in [0.4, 0.5) is 0 Å². The van der Waals surface area contributed by atoms with Crippen molar-refractivity contribution in [1.29, 1.82) is 0 Å². The summed E-state index contributed by atoms with van der Waals surface area (Å²) in [4.78, 5) is 14.4. The van der Waals surface area contributed by atoms with Crippen molar-refractivity contribution in [2.24, 2.45) is 17.6 Å². The Kier molecular flexibility index (Phi) is 6.56. The van der Waals surface area contributed by atoms with Gasteiger partial charge >= 0.3 is 0 Å². The van der Waals surface area contributed by atoms with Crippen LogP contribution in [0.2, 0.25) is 0 Å². The van der Waals surface area contributed by atoms with Gasteiger partial charge in [0.25, 0.3) is 0 Å². The van der Waals surface area contributed by atoms with Crippen molar-refractivity contribution in [3.8, 4) is 0 Å². The summed E-state index contributed by atoms with van der Waals surface area (Å²) in [5, 5.41) is 0. The molecule has 1 heterocycles. The van der Waals surface area contributed by atoms with Crippen LogP contribution >= 0.6 is 0 Å². The van der Waals surface area contributed by atoms with Crippen molar-refractivity contribution in [3.63, 3.8) is 0 Å². The second-order valence-corrected chi connectivity index (χ2v) is 5.25. The number of likely N-dealkylation sites (tertiary alicyclic amines) is 1. The summed E-state index contributed by atoms with van der Waals surface area (Å²) in [6.45, 7) is 6.93. The molecule has 1 rings (SSSR count). The summed E-state index contributed by atoms with van der Waals surface area (Å²) in [5.74, 6) is 1.27. The molecule has 0 bridgehead atoms. The largest absolute Gasteiger partial charge is 0.342 e. The van der Waals surface area contributed by atoms with Crippen LogP contribution in [0, 0.1) is 11.8 Å². The highest BCUT2D eigenvalue weighted by molar-refractivity contribution is 5.78. The van der Waals surface area contributed by atoms with E-state index in [0.29, 0.717) is 11.8 Å². The molecule has 100 valence electrons. The third kappa shape index (κ3) is 4.30. The first-order chi connectivity index (χ1) is 8.22. The van der Waals surface area contributed by atoms with Gasteiger partial charge in [0.2, 0.25) is 5.91 Å². The number of nitrogens with two attached hydrogens (primary N) is 1. The number of hydrogen-bond donors (Lipinski definition) is 1. The van der Waals surface area contributed by atoms with Crippen LogP contribution < -0.4 is 5.73 Å². The first kappa shape index (κ1) is 14.5. The number of carbonyl (C=O) groups is 1. The lowest BCUT2D eigenvalue weighted by Gasteiger charge is -2.33. The number of unbranched alkanes of at least 4 members (excludes halogenated alkanes) is 1. The van der Waals surface area contributed by atoms with Crippen molar-refractivity contribution in [3.05, 3.63) is 0 Å². The Balaban J connectivity index is 2.40. The molecular formula is C14H28N2O. The van der Waals surface area contributed by atoms with Crippen LogP contribution in [-0.4, -0.2) is 30.4 Å². The first-order valence-electron chi connectivity index (χ1n) is 7.21. The molecule has 1 amide bonds. The van der Waals surface area contributed by atoms with Gasteiger partial charge in [0, 0.05) is 19.0 Å².